The second-order valence-electron chi connectivity index (χ2n) is 5.84. The van der Waals surface area contributed by atoms with Gasteiger partial charge < -0.3 is 19.7 Å². The minimum Gasteiger partial charge on any atom is -0.444 e. The average molecular weight is 349 g/mol. The van der Waals surface area contributed by atoms with Crippen LogP contribution in [-0.4, -0.2) is 49.9 Å². The lowest BCUT2D eigenvalue weighted by atomic mass is 10.2. The van der Waals surface area contributed by atoms with Crippen LogP contribution in [0.4, 0.5) is 4.79 Å². The van der Waals surface area contributed by atoms with E-state index in [1.54, 1.807) is 23.3 Å². The Labute approximate surface area is 141 Å². The molecule has 0 bridgehead atoms. The van der Waals surface area contributed by atoms with Crippen LogP contribution >= 0.6 is 22.9 Å². The minimum atomic E-state index is -0.496. The number of thiophene rings is 1. The summed E-state index contributed by atoms with van der Waals surface area (Å²) < 4.78 is 11.2. The molecular formula is C15H25ClN2O3S. The zero-order valence-electron chi connectivity index (χ0n) is 13.6. The van der Waals surface area contributed by atoms with Crippen molar-refractivity contribution in [1.82, 2.24) is 10.2 Å². The number of carbonyl (C=O) groups excluding carboxylic acids is 1. The van der Waals surface area contributed by atoms with Gasteiger partial charge in [0.05, 0.1) is 10.9 Å². The zero-order chi connectivity index (χ0) is 16.6. The lowest BCUT2D eigenvalue weighted by Crippen LogP contribution is -2.42. The molecular weight excluding hydrogens is 324 g/mol. The maximum atomic E-state index is 12.1. The second kappa shape index (κ2) is 9.35. The fraction of sp³-hybridized carbons (Fsp3) is 0.667. The number of rotatable bonds is 8. The zero-order valence-corrected chi connectivity index (χ0v) is 15.2. The first-order valence-corrected chi connectivity index (χ1v) is 8.43. The van der Waals surface area contributed by atoms with E-state index in [1.807, 2.05) is 32.9 Å². The molecule has 1 heterocycles. The molecule has 0 saturated heterocycles. The number of nitrogens with zero attached hydrogens (tertiary/aromatic N) is 1. The predicted octanol–water partition coefficient (Wildman–Crippen LogP) is 3.37. The normalized spacial score (nSPS) is 11.5. The molecule has 1 N–H and O–H groups in total. The van der Waals surface area contributed by atoms with Crippen LogP contribution in [0.2, 0.25) is 4.34 Å². The van der Waals surface area contributed by atoms with Crippen molar-refractivity contribution in [2.45, 2.75) is 32.9 Å². The summed E-state index contributed by atoms with van der Waals surface area (Å²) in [6.07, 6.45) is -0.314. The highest BCUT2D eigenvalue weighted by Crippen LogP contribution is 2.20. The fourth-order valence-corrected chi connectivity index (χ4v) is 2.75. The summed E-state index contributed by atoms with van der Waals surface area (Å²) in [5.41, 5.74) is -0.496. The van der Waals surface area contributed by atoms with Gasteiger partial charge in [0.15, 0.2) is 0 Å². The highest BCUT2D eigenvalue weighted by Gasteiger charge is 2.21. The monoisotopic (exact) mass is 348 g/mol. The largest absolute Gasteiger partial charge is 0.444 e. The molecule has 22 heavy (non-hydrogen) atoms. The van der Waals surface area contributed by atoms with Gasteiger partial charge in [-0.2, -0.15) is 0 Å². The Hall–Kier alpha value is -0.820. The lowest BCUT2D eigenvalue weighted by Gasteiger charge is -2.27. The standard InChI is InChI=1S/C15H25ClN2O3S/c1-15(2,3)21-14(19)18(9-10-20-4)8-7-17-11-12-5-6-13(16)22-12/h5-6,17H,7-11H2,1-4H3. The number of ether oxygens (including phenoxy) is 2. The van der Waals surface area contributed by atoms with Gasteiger partial charge in [0.2, 0.25) is 0 Å². The Kier molecular flexibility index (Phi) is 8.17. The van der Waals surface area contributed by atoms with Crippen molar-refractivity contribution in [1.29, 1.82) is 0 Å². The molecule has 0 aliphatic rings. The number of carbonyl (C=O) groups is 1. The maximum Gasteiger partial charge on any atom is 0.410 e. The molecule has 0 fully saturated rings. The number of methoxy groups -OCH3 is 1. The summed E-state index contributed by atoms with van der Waals surface area (Å²) in [5.74, 6) is 0. The van der Waals surface area contributed by atoms with E-state index in [0.717, 1.165) is 10.9 Å². The molecule has 0 atom stereocenters. The van der Waals surface area contributed by atoms with Gasteiger partial charge >= 0.3 is 6.09 Å². The third kappa shape index (κ3) is 7.98. The van der Waals surface area contributed by atoms with Gasteiger partial charge in [0.1, 0.15) is 5.60 Å². The Morgan fingerprint density at radius 3 is 2.64 bits per heavy atom. The summed E-state index contributed by atoms with van der Waals surface area (Å²) >= 11 is 7.44. The van der Waals surface area contributed by atoms with Gasteiger partial charge in [0.25, 0.3) is 0 Å². The molecule has 1 rings (SSSR count). The fourth-order valence-electron chi connectivity index (χ4n) is 1.69. The van der Waals surface area contributed by atoms with Crippen molar-refractivity contribution < 1.29 is 14.3 Å². The summed E-state index contributed by atoms with van der Waals surface area (Å²) in [6, 6.07) is 3.88. The van der Waals surface area contributed by atoms with Gasteiger partial charge in [-0.3, -0.25) is 0 Å². The molecule has 0 aromatic carbocycles. The van der Waals surface area contributed by atoms with Crippen LogP contribution in [-0.2, 0) is 16.0 Å². The first-order chi connectivity index (χ1) is 10.3. The number of amides is 1. The molecule has 0 radical (unpaired) electrons. The van der Waals surface area contributed by atoms with E-state index in [0.29, 0.717) is 26.2 Å². The number of halogens is 1. The van der Waals surface area contributed by atoms with Crippen LogP contribution in [0.25, 0.3) is 0 Å². The van der Waals surface area contributed by atoms with Crippen molar-refractivity contribution >= 4 is 29.0 Å². The quantitative estimate of drug-likeness (QED) is 0.732. The molecule has 1 aromatic heterocycles. The third-order valence-electron chi connectivity index (χ3n) is 2.70. The summed E-state index contributed by atoms with van der Waals surface area (Å²) in [4.78, 5) is 15.0. The maximum absolute atomic E-state index is 12.1. The Bertz CT molecular complexity index is 460. The first-order valence-electron chi connectivity index (χ1n) is 7.23. The van der Waals surface area contributed by atoms with Gasteiger partial charge in [-0.25, -0.2) is 4.79 Å². The van der Waals surface area contributed by atoms with Crippen molar-refractivity contribution in [2.75, 3.05) is 33.4 Å². The minimum absolute atomic E-state index is 0.314. The van der Waals surface area contributed by atoms with E-state index in [4.69, 9.17) is 21.1 Å². The molecule has 0 unspecified atom stereocenters. The van der Waals surface area contributed by atoms with Crippen LogP contribution in [0.5, 0.6) is 0 Å². The van der Waals surface area contributed by atoms with Gasteiger partial charge in [-0.05, 0) is 32.9 Å². The highest BCUT2D eigenvalue weighted by molar-refractivity contribution is 7.16. The topological polar surface area (TPSA) is 50.8 Å². The molecule has 0 spiro atoms. The Morgan fingerprint density at radius 1 is 1.36 bits per heavy atom. The molecule has 0 saturated carbocycles. The van der Waals surface area contributed by atoms with E-state index in [2.05, 4.69) is 5.32 Å². The number of hydrogen-bond donors (Lipinski definition) is 1. The number of hydrogen-bond acceptors (Lipinski definition) is 5. The molecule has 0 aliphatic heterocycles. The molecule has 126 valence electrons. The molecule has 1 aromatic rings. The van der Waals surface area contributed by atoms with E-state index in [-0.39, 0.29) is 6.09 Å². The summed E-state index contributed by atoms with van der Waals surface area (Å²) in [7, 11) is 1.62. The third-order valence-corrected chi connectivity index (χ3v) is 3.93. The average Bonchev–Trinajstić information content (AvgIpc) is 2.81. The van der Waals surface area contributed by atoms with Crippen molar-refractivity contribution in [3.05, 3.63) is 21.3 Å². The van der Waals surface area contributed by atoms with Gasteiger partial charge in [0, 0.05) is 38.2 Å². The van der Waals surface area contributed by atoms with Crippen LogP contribution in [0.3, 0.4) is 0 Å². The smallest absolute Gasteiger partial charge is 0.410 e. The van der Waals surface area contributed by atoms with Crippen LogP contribution < -0.4 is 5.32 Å². The molecule has 1 amide bonds. The molecule has 0 aliphatic carbocycles. The van der Waals surface area contributed by atoms with E-state index in [9.17, 15) is 4.79 Å². The van der Waals surface area contributed by atoms with Crippen molar-refractivity contribution in [3.63, 3.8) is 0 Å². The van der Waals surface area contributed by atoms with E-state index in [1.165, 1.54) is 4.88 Å². The van der Waals surface area contributed by atoms with E-state index >= 15 is 0 Å². The van der Waals surface area contributed by atoms with Crippen molar-refractivity contribution in [2.24, 2.45) is 0 Å². The first kappa shape index (κ1) is 19.2. The molecule has 7 heteroatoms. The van der Waals surface area contributed by atoms with Crippen LogP contribution in [0.1, 0.15) is 25.6 Å². The van der Waals surface area contributed by atoms with E-state index < -0.39 is 5.60 Å². The van der Waals surface area contributed by atoms with Crippen LogP contribution in [0, 0.1) is 0 Å². The predicted molar refractivity (Wildman–Crippen MR) is 90.7 cm³/mol. The summed E-state index contributed by atoms with van der Waals surface area (Å²) in [6.45, 7) is 8.56. The Balaban J connectivity index is 2.38. The lowest BCUT2D eigenvalue weighted by molar-refractivity contribution is 0.0204. The SMILES string of the molecule is COCCN(CCNCc1ccc(Cl)s1)C(=O)OC(C)(C)C. The Morgan fingerprint density at radius 2 is 2.09 bits per heavy atom. The highest BCUT2D eigenvalue weighted by atomic mass is 35.5. The van der Waals surface area contributed by atoms with Crippen molar-refractivity contribution in [3.8, 4) is 0 Å². The number of nitrogens with one attached hydrogen (secondary N) is 1. The molecule has 5 nitrogen and oxygen atoms in total. The summed E-state index contributed by atoms with van der Waals surface area (Å²) in [5, 5.41) is 3.30. The van der Waals surface area contributed by atoms with Gasteiger partial charge in [-0.1, -0.05) is 11.6 Å². The van der Waals surface area contributed by atoms with Crippen LogP contribution in [0.15, 0.2) is 12.1 Å². The second-order valence-corrected chi connectivity index (χ2v) is 7.64. The van der Waals surface area contributed by atoms with Gasteiger partial charge in [-0.15, -0.1) is 11.3 Å².